The minimum atomic E-state index is -0.595. The van der Waals surface area contributed by atoms with E-state index < -0.39 is 6.10 Å². The molecule has 1 saturated carbocycles. The van der Waals surface area contributed by atoms with Crippen LogP contribution in [0.2, 0.25) is 0 Å². The fraction of sp³-hybridized carbons (Fsp3) is 0.462. The maximum absolute atomic E-state index is 9.98. The van der Waals surface area contributed by atoms with Crippen molar-refractivity contribution in [3.63, 3.8) is 0 Å². The Bertz CT molecular complexity index is 1110. The summed E-state index contributed by atoms with van der Waals surface area (Å²) in [5, 5.41) is 16.1. The van der Waals surface area contributed by atoms with Gasteiger partial charge in [-0.25, -0.2) is 19.9 Å². The summed E-state index contributed by atoms with van der Waals surface area (Å²) < 4.78 is 11.0. The molecule has 10 heteroatoms. The zero-order chi connectivity index (χ0) is 25.3. The van der Waals surface area contributed by atoms with Crippen LogP contribution in [0.4, 0.5) is 17.6 Å². The van der Waals surface area contributed by atoms with E-state index in [4.69, 9.17) is 19.4 Å². The summed E-state index contributed by atoms with van der Waals surface area (Å²) in [5.41, 5.74) is 0.813. The Kier molecular flexibility index (Phi) is 8.85. The molecule has 0 amide bonds. The minimum Gasteiger partial charge on any atom is -0.494 e. The molecular formula is C26H35N7O3. The fourth-order valence-corrected chi connectivity index (χ4v) is 4.28. The molecule has 10 nitrogen and oxygen atoms in total. The SMILES string of the molecule is CNCC(O)COc1cccc(-c2nc(Nc3ncc(OC)cn3)cc(N(C)C3CCCCC3)n2)c1. The second-order valence-electron chi connectivity index (χ2n) is 8.96. The van der Waals surface area contributed by atoms with Gasteiger partial charge in [0.05, 0.1) is 19.5 Å². The van der Waals surface area contributed by atoms with Gasteiger partial charge in [-0.2, -0.15) is 0 Å². The molecule has 3 aromatic rings. The van der Waals surface area contributed by atoms with Gasteiger partial charge in [0.25, 0.3) is 0 Å². The van der Waals surface area contributed by atoms with Gasteiger partial charge >= 0.3 is 0 Å². The van der Waals surface area contributed by atoms with E-state index in [1.807, 2.05) is 30.3 Å². The van der Waals surface area contributed by atoms with Gasteiger partial charge in [-0.1, -0.05) is 31.4 Å². The van der Waals surface area contributed by atoms with Crippen LogP contribution < -0.4 is 25.0 Å². The molecule has 192 valence electrons. The molecule has 2 aromatic heterocycles. The zero-order valence-electron chi connectivity index (χ0n) is 21.1. The Hall–Kier alpha value is -3.50. The molecule has 36 heavy (non-hydrogen) atoms. The first-order valence-corrected chi connectivity index (χ1v) is 12.4. The van der Waals surface area contributed by atoms with E-state index in [9.17, 15) is 5.11 Å². The monoisotopic (exact) mass is 493 g/mol. The Labute approximate surface area is 212 Å². The number of hydrogen-bond donors (Lipinski definition) is 3. The van der Waals surface area contributed by atoms with Gasteiger partial charge in [0.1, 0.15) is 30.1 Å². The third kappa shape index (κ3) is 6.79. The lowest BCUT2D eigenvalue weighted by Crippen LogP contribution is -2.34. The quantitative estimate of drug-likeness (QED) is 0.367. The van der Waals surface area contributed by atoms with Gasteiger partial charge < -0.3 is 30.1 Å². The van der Waals surface area contributed by atoms with Gasteiger partial charge in [-0.05, 0) is 32.0 Å². The molecule has 1 fully saturated rings. The highest BCUT2D eigenvalue weighted by Gasteiger charge is 2.21. The molecule has 0 aliphatic heterocycles. The van der Waals surface area contributed by atoms with Crippen molar-refractivity contribution in [1.82, 2.24) is 25.3 Å². The van der Waals surface area contributed by atoms with Gasteiger partial charge in [-0.3, -0.25) is 0 Å². The van der Waals surface area contributed by atoms with Gasteiger partial charge in [0.15, 0.2) is 11.6 Å². The molecule has 4 rings (SSSR count). The molecule has 1 aliphatic rings. The topological polar surface area (TPSA) is 118 Å². The number of ether oxygens (including phenoxy) is 2. The van der Waals surface area contributed by atoms with Crippen molar-refractivity contribution >= 4 is 17.6 Å². The van der Waals surface area contributed by atoms with Crippen LogP contribution in [0.3, 0.4) is 0 Å². The summed E-state index contributed by atoms with van der Waals surface area (Å²) in [4.78, 5) is 20.5. The molecule has 0 saturated heterocycles. The lowest BCUT2D eigenvalue weighted by atomic mass is 9.94. The van der Waals surface area contributed by atoms with Crippen LogP contribution in [0.1, 0.15) is 32.1 Å². The Morgan fingerprint density at radius 1 is 1.08 bits per heavy atom. The van der Waals surface area contributed by atoms with Crippen molar-refractivity contribution in [1.29, 1.82) is 0 Å². The normalized spacial score (nSPS) is 14.8. The standard InChI is InChI=1S/C26H35N7O3/c1-27-14-20(34)17-36-21-11-7-8-18(12-21)25-30-23(31-26-28-15-22(35-3)16-29-26)13-24(32-25)33(2)19-9-5-4-6-10-19/h7-8,11-13,15-16,19-20,27,34H,4-6,9-10,14,17H2,1-3H3,(H,28,29,30,31,32). The van der Waals surface area contributed by atoms with Crippen LogP contribution in [0, 0.1) is 0 Å². The summed E-state index contributed by atoms with van der Waals surface area (Å²) in [6.45, 7) is 0.651. The second-order valence-corrected chi connectivity index (χ2v) is 8.96. The van der Waals surface area contributed by atoms with Crippen LogP contribution in [0.15, 0.2) is 42.7 Å². The third-order valence-corrected chi connectivity index (χ3v) is 6.27. The highest BCUT2D eigenvalue weighted by molar-refractivity contribution is 5.65. The summed E-state index contributed by atoms with van der Waals surface area (Å²) in [6.07, 6.45) is 8.68. The summed E-state index contributed by atoms with van der Waals surface area (Å²) >= 11 is 0. The Morgan fingerprint density at radius 2 is 1.86 bits per heavy atom. The van der Waals surface area contributed by atoms with Crippen molar-refractivity contribution < 1.29 is 14.6 Å². The maximum atomic E-state index is 9.98. The number of methoxy groups -OCH3 is 1. The van der Waals surface area contributed by atoms with E-state index in [2.05, 4.69) is 32.5 Å². The number of hydrogen-bond acceptors (Lipinski definition) is 10. The molecule has 0 bridgehead atoms. The van der Waals surface area contributed by atoms with E-state index in [-0.39, 0.29) is 6.61 Å². The minimum absolute atomic E-state index is 0.192. The smallest absolute Gasteiger partial charge is 0.228 e. The van der Waals surface area contributed by atoms with Gasteiger partial charge in [0.2, 0.25) is 5.95 Å². The predicted molar refractivity (Wildman–Crippen MR) is 140 cm³/mol. The van der Waals surface area contributed by atoms with E-state index in [0.29, 0.717) is 41.7 Å². The first kappa shape index (κ1) is 25.6. The molecular weight excluding hydrogens is 458 g/mol. The van der Waals surface area contributed by atoms with Crippen molar-refractivity contribution in [2.45, 2.75) is 44.2 Å². The number of likely N-dealkylation sites (N-methyl/N-ethyl adjacent to an activating group) is 1. The number of anilines is 3. The third-order valence-electron chi connectivity index (χ3n) is 6.27. The fourth-order valence-electron chi connectivity index (χ4n) is 4.28. The molecule has 0 radical (unpaired) electrons. The Balaban J connectivity index is 1.63. The average Bonchev–Trinajstić information content (AvgIpc) is 2.92. The number of benzene rings is 1. The largest absolute Gasteiger partial charge is 0.494 e. The summed E-state index contributed by atoms with van der Waals surface area (Å²) in [5.74, 6) is 3.63. The molecule has 1 aromatic carbocycles. The number of nitrogens with zero attached hydrogens (tertiary/aromatic N) is 5. The Morgan fingerprint density at radius 3 is 2.58 bits per heavy atom. The highest BCUT2D eigenvalue weighted by Crippen LogP contribution is 2.30. The number of aliphatic hydroxyl groups excluding tert-OH is 1. The highest BCUT2D eigenvalue weighted by atomic mass is 16.5. The first-order valence-electron chi connectivity index (χ1n) is 12.4. The van der Waals surface area contributed by atoms with Crippen molar-refractivity contribution in [2.75, 3.05) is 44.6 Å². The molecule has 1 aliphatic carbocycles. The zero-order valence-corrected chi connectivity index (χ0v) is 21.1. The molecule has 3 N–H and O–H groups in total. The van der Waals surface area contributed by atoms with Crippen LogP contribution in [0.5, 0.6) is 11.5 Å². The molecule has 0 spiro atoms. The maximum Gasteiger partial charge on any atom is 0.228 e. The number of rotatable bonds is 11. The van der Waals surface area contributed by atoms with Crippen LogP contribution in [0.25, 0.3) is 11.4 Å². The summed E-state index contributed by atoms with van der Waals surface area (Å²) in [7, 11) is 5.47. The van der Waals surface area contributed by atoms with Crippen molar-refractivity contribution in [3.05, 3.63) is 42.7 Å². The van der Waals surface area contributed by atoms with Gasteiger partial charge in [-0.15, -0.1) is 0 Å². The number of aromatic nitrogens is 4. The van der Waals surface area contributed by atoms with E-state index in [1.165, 1.54) is 19.3 Å². The first-order chi connectivity index (χ1) is 17.6. The molecule has 1 atom stereocenters. The van der Waals surface area contributed by atoms with Crippen LogP contribution in [-0.4, -0.2) is 71.5 Å². The van der Waals surface area contributed by atoms with Gasteiger partial charge in [0, 0.05) is 31.3 Å². The molecule has 2 heterocycles. The number of nitrogens with one attached hydrogen (secondary N) is 2. The average molecular weight is 494 g/mol. The van der Waals surface area contributed by atoms with Crippen molar-refractivity contribution in [3.8, 4) is 22.9 Å². The van der Waals surface area contributed by atoms with Crippen LogP contribution in [-0.2, 0) is 0 Å². The van der Waals surface area contributed by atoms with Crippen LogP contribution >= 0.6 is 0 Å². The predicted octanol–water partition coefficient (Wildman–Crippen LogP) is 3.41. The second kappa shape index (κ2) is 12.5. The summed E-state index contributed by atoms with van der Waals surface area (Å²) in [6, 6.07) is 9.97. The lowest BCUT2D eigenvalue weighted by molar-refractivity contribution is 0.108. The van der Waals surface area contributed by atoms with E-state index in [1.54, 1.807) is 26.6 Å². The van der Waals surface area contributed by atoms with E-state index >= 15 is 0 Å². The number of aliphatic hydroxyl groups is 1. The van der Waals surface area contributed by atoms with E-state index in [0.717, 1.165) is 24.2 Å². The molecule has 1 unspecified atom stereocenters. The van der Waals surface area contributed by atoms with Crippen molar-refractivity contribution in [2.24, 2.45) is 0 Å². The lowest BCUT2D eigenvalue weighted by Gasteiger charge is -2.32.